The van der Waals surface area contributed by atoms with E-state index in [1.54, 1.807) is 0 Å². The van der Waals surface area contributed by atoms with Crippen molar-refractivity contribution in [1.82, 2.24) is 5.32 Å². The lowest BCUT2D eigenvalue weighted by atomic mass is 10.2. The van der Waals surface area contributed by atoms with Crippen molar-refractivity contribution in [3.63, 3.8) is 0 Å². The Labute approximate surface area is 108 Å². The maximum absolute atomic E-state index is 11.7. The molecule has 5 heteroatoms. The predicted octanol–water partition coefficient (Wildman–Crippen LogP) is 1.22. The van der Waals surface area contributed by atoms with Crippen LogP contribution in [0.3, 0.4) is 0 Å². The van der Waals surface area contributed by atoms with E-state index in [4.69, 9.17) is 4.74 Å². The molecule has 1 aromatic carbocycles. The minimum absolute atomic E-state index is 0.245. The number of hydrogen-bond acceptors (Lipinski definition) is 4. The highest BCUT2D eigenvalue weighted by Crippen LogP contribution is 2.17. The molecule has 2 N–H and O–H groups in total. The van der Waals surface area contributed by atoms with Gasteiger partial charge >= 0.3 is 5.97 Å². The van der Waals surface area contributed by atoms with Gasteiger partial charge in [-0.2, -0.15) is 0 Å². The number of β-amino-alcohol motifs (C(OH)–C–C–N with tert-alkyl or cyclic N) is 1. The minimum Gasteiger partial charge on any atom is -0.460 e. The van der Waals surface area contributed by atoms with Crippen LogP contribution >= 0.6 is 15.9 Å². The largest absolute Gasteiger partial charge is 0.460 e. The van der Waals surface area contributed by atoms with Gasteiger partial charge in [-0.3, -0.25) is 4.79 Å². The van der Waals surface area contributed by atoms with Crippen LogP contribution in [-0.2, 0) is 16.1 Å². The molecule has 1 aliphatic heterocycles. The first-order valence-corrected chi connectivity index (χ1v) is 6.27. The summed E-state index contributed by atoms with van der Waals surface area (Å²) in [5.74, 6) is -0.308. The Hall–Kier alpha value is -0.910. The molecule has 0 aromatic heterocycles. The number of ether oxygens (including phenoxy) is 1. The Bertz CT molecular complexity index is 410. The van der Waals surface area contributed by atoms with Crippen LogP contribution in [0.15, 0.2) is 28.7 Å². The maximum atomic E-state index is 11.7. The van der Waals surface area contributed by atoms with Gasteiger partial charge in [-0.05, 0) is 6.07 Å². The van der Waals surface area contributed by atoms with Crippen LogP contribution in [0.25, 0.3) is 0 Å². The smallest absolute Gasteiger partial charge is 0.323 e. The number of halogens is 1. The van der Waals surface area contributed by atoms with Crippen LogP contribution in [0.2, 0.25) is 0 Å². The molecule has 1 fully saturated rings. The second kappa shape index (κ2) is 5.62. The molecule has 17 heavy (non-hydrogen) atoms. The lowest BCUT2D eigenvalue weighted by Gasteiger charge is -2.11. The summed E-state index contributed by atoms with van der Waals surface area (Å²) in [5.41, 5.74) is 0.930. The van der Waals surface area contributed by atoms with Crippen LogP contribution in [0.4, 0.5) is 0 Å². The number of rotatable bonds is 3. The second-order valence-corrected chi connectivity index (χ2v) is 4.90. The number of carbonyl (C=O) groups is 1. The third-order valence-corrected chi connectivity index (χ3v) is 3.49. The second-order valence-electron chi connectivity index (χ2n) is 4.05. The molecule has 1 aromatic rings. The van der Waals surface area contributed by atoms with Crippen molar-refractivity contribution in [2.45, 2.75) is 25.2 Å². The third-order valence-electron chi connectivity index (χ3n) is 2.72. The van der Waals surface area contributed by atoms with Gasteiger partial charge in [0.25, 0.3) is 0 Å². The fourth-order valence-electron chi connectivity index (χ4n) is 1.76. The van der Waals surface area contributed by atoms with Gasteiger partial charge in [0.2, 0.25) is 0 Å². The third kappa shape index (κ3) is 3.28. The first kappa shape index (κ1) is 12.5. The van der Waals surface area contributed by atoms with Crippen LogP contribution in [-0.4, -0.2) is 29.8 Å². The van der Waals surface area contributed by atoms with Crippen molar-refractivity contribution in [3.8, 4) is 0 Å². The number of nitrogens with one attached hydrogen (secondary N) is 1. The van der Waals surface area contributed by atoms with Crippen molar-refractivity contribution >= 4 is 21.9 Å². The minimum atomic E-state index is -0.448. The van der Waals surface area contributed by atoms with E-state index in [9.17, 15) is 9.90 Å². The number of benzene rings is 1. The molecule has 0 spiro atoms. The topological polar surface area (TPSA) is 58.6 Å². The Morgan fingerprint density at radius 1 is 1.53 bits per heavy atom. The summed E-state index contributed by atoms with van der Waals surface area (Å²) in [6.07, 6.45) is -0.0227. The molecule has 1 heterocycles. The van der Waals surface area contributed by atoms with Gasteiger partial charge in [0, 0.05) is 23.0 Å². The molecule has 2 unspecified atom stereocenters. The van der Waals surface area contributed by atoms with Crippen LogP contribution in [0.5, 0.6) is 0 Å². The van der Waals surface area contributed by atoms with Crippen LogP contribution < -0.4 is 5.32 Å². The van der Waals surface area contributed by atoms with E-state index in [-0.39, 0.29) is 18.6 Å². The Morgan fingerprint density at radius 2 is 2.29 bits per heavy atom. The number of aliphatic hydroxyl groups excluding tert-OH is 1. The first-order chi connectivity index (χ1) is 8.16. The summed E-state index contributed by atoms with van der Waals surface area (Å²) in [5, 5.41) is 12.2. The Kier molecular flexibility index (Phi) is 4.15. The van der Waals surface area contributed by atoms with Crippen molar-refractivity contribution in [2.24, 2.45) is 0 Å². The molecule has 1 saturated heterocycles. The predicted molar refractivity (Wildman–Crippen MR) is 66.4 cm³/mol. The fraction of sp³-hybridized carbons (Fsp3) is 0.417. The molecule has 2 atom stereocenters. The first-order valence-electron chi connectivity index (χ1n) is 5.48. The van der Waals surface area contributed by atoms with Gasteiger partial charge < -0.3 is 15.2 Å². The number of esters is 1. The lowest BCUT2D eigenvalue weighted by Crippen LogP contribution is -2.32. The number of hydrogen-bond donors (Lipinski definition) is 2. The van der Waals surface area contributed by atoms with E-state index in [1.165, 1.54) is 0 Å². The quantitative estimate of drug-likeness (QED) is 0.824. The molecule has 1 aliphatic rings. The zero-order valence-electron chi connectivity index (χ0n) is 9.23. The molecule has 92 valence electrons. The summed E-state index contributed by atoms with van der Waals surface area (Å²) < 4.78 is 6.12. The zero-order valence-corrected chi connectivity index (χ0v) is 10.8. The van der Waals surface area contributed by atoms with Crippen LogP contribution in [0.1, 0.15) is 12.0 Å². The van der Waals surface area contributed by atoms with Gasteiger partial charge in [0.05, 0.1) is 6.10 Å². The highest BCUT2D eigenvalue weighted by Gasteiger charge is 2.29. The van der Waals surface area contributed by atoms with E-state index in [1.807, 2.05) is 24.3 Å². The molecule has 2 rings (SSSR count). The van der Waals surface area contributed by atoms with Gasteiger partial charge in [-0.15, -0.1) is 0 Å². The fourth-order valence-corrected chi connectivity index (χ4v) is 2.16. The zero-order chi connectivity index (χ0) is 12.3. The molecule has 0 radical (unpaired) electrons. The number of carbonyl (C=O) groups excluding carboxylic acids is 1. The molecule has 0 bridgehead atoms. The summed E-state index contributed by atoms with van der Waals surface area (Å²) in [4.78, 5) is 11.7. The standard InChI is InChI=1S/C12H14BrNO3/c13-10-4-2-1-3-8(10)7-17-12(16)11-5-9(15)6-14-11/h1-4,9,11,14-15H,5-7H2. The average Bonchev–Trinajstić information content (AvgIpc) is 2.74. The molecule has 4 nitrogen and oxygen atoms in total. The molecule has 0 aliphatic carbocycles. The van der Waals surface area contributed by atoms with Crippen molar-refractivity contribution in [3.05, 3.63) is 34.3 Å². The van der Waals surface area contributed by atoms with Crippen molar-refractivity contribution in [1.29, 1.82) is 0 Å². The average molecular weight is 300 g/mol. The van der Waals surface area contributed by atoms with Gasteiger partial charge in [-0.1, -0.05) is 34.1 Å². The monoisotopic (exact) mass is 299 g/mol. The van der Waals surface area contributed by atoms with E-state index in [0.717, 1.165) is 10.0 Å². The summed E-state index contributed by atoms with van der Waals surface area (Å²) in [7, 11) is 0. The van der Waals surface area contributed by atoms with Crippen molar-refractivity contribution < 1.29 is 14.6 Å². The van der Waals surface area contributed by atoms with Crippen molar-refractivity contribution in [2.75, 3.05) is 6.54 Å². The lowest BCUT2D eigenvalue weighted by molar-refractivity contribution is -0.147. The van der Waals surface area contributed by atoms with E-state index >= 15 is 0 Å². The summed E-state index contributed by atoms with van der Waals surface area (Å²) >= 11 is 3.39. The maximum Gasteiger partial charge on any atom is 0.323 e. The molecule has 0 saturated carbocycles. The summed E-state index contributed by atoms with van der Waals surface area (Å²) in [6.45, 7) is 0.698. The van der Waals surface area contributed by atoms with E-state index < -0.39 is 6.10 Å². The molecular formula is C12H14BrNO3. The molecular weight excluding hydrogens is 286 g/mol. The highest BCUT2D eigenvalue weighted by molar-refractivity contribution is 9.10. The molecule has 0 amide bonds. The van der Waals surface area contributed by atoms with Gasteiger partial charge in [-0.25, -0.2) is 0 Å². The van der Waals surface area contributed by atoms with Gasteiger partial charge in [0.1, 0.15) is 12.6 Å². The van der Waals surface area contributed by atoms with E-state index in [0.29, 0.717) is 13.0 Å². The van der Waals surface area contributed by atoms with E-state index in [2.05, 4.69) is 21.2 Å². The highest BCUT2D eigenvalue weighted by atomic mass is 79.9. The summed E-state index contributed by atoms with van der Waals surface area (Å²) in [6, 6.07) is 7.22. The van der Waals surface area contributed by atoms with Crippen LogP contribution in [0, 0.1) is 0 Å². The Balaban J connectivity index is 1.86. The van der Waals surface area contributed by atoms with Gasteiger partial charge in [0.15, 0.2) is 0 Å². The Morgan fingerprint density at radius 3 is 2.94 bits per heavy atom. The normalized spacial score (nSPS) is 23.6. The SMILES string of the molecule is O=C(OCc1ccccc1Br)C1CC(O)CN1. The number of aliphatic hydroxyl groups is 1.